The highest BCUT2D eigenvalue weighted by atomic mass is 79.9. The van der Waals surface area contributed by atoms with E-state index in [1.165, 1.54) is 33.3 Å². The summed E-state index contributed by atoms with van der Waals surface area (Å²) in [6.07, 6.45) is 0. The maximum absolute atomic E-state index is 13.8. The summed E-state index contributed by atoms with van der Waals surface area (Å²) < 4.78 is 50.1. The normalized spacial score (nSPS) is 11.6. The van der Waals surface area contributed by atoms with E-state index in [2.05, 4.69) is 15.9 Å². The van der Waals surface area contributed by atoms with Crippen molar-refractivity contribution in [1.82, 2.24) is 0 Å². The van der Waals surface area contributed by atoms with Gasteiger partial charge >= 0.3 is 11.9 Å². The number of esters is 2. The number of hydrogen-bond donors (Lipinski definition) is 0. The van der Waals surface area contributed by atoms with Crippen LogP contribution in [-0.2, 0) is 16.0 Å². The largest absolute Gasteiger partial charge is 0.606 e. The zero-order chi connectivity index (χ0) is 26.7. The maximum atomic E-state index is 13.8. The van der Waals surface area contributed by atoms with E-state index in [0.29, 0.717) is 9.37 Å². The van der Waals surface area contributed by atoms with Crippen LogP contribution in [0, 0.1) is 5.82 Å². The summed E-state index contributed by atoms with van der Waals surface area (Å²) in [6.45, 7) is 1.22. The Hall–Kier alpha value is -3.60. The van der Waals surface area contributed by atoms with Gasteiger partial charge in [0.1, 0.15) is 5.82 Å². The molecule has 4 rings (SSSR count). The highest BCUT2D eigenvalue weighted by molar-refractivity contribution is 9.10. The number of hydrogen-bond acceptors (Lipinski definition) is 7. The quantitative estimate of drug-likeness (QED) is 0.147. The van der Waals surface area contributed by atoms with Crippen LogP contribution in [0.25, 0.3) is 10.8 Å². The van der Waals surface area contributed by atoms with Crippen molar-refractivity contribution in [3.8, 4) is 23.0 Å². The number of carbonyl (C=O) groups excluding carboxylic acids is 2. The van der Waals surface area contributed by atoms with E-state index in [-0.39, 0.29) is 44.2 Å². The molecule has 0 saturated carbocycles. The molecule has 190 valence electrons. The molecule has 0 radical (unpaired) electrons. The van der Waals surface area contributed by atoms with E-state index in [9.17, 15) is 18.5 Å². The molecule has 0 heterocycles. The lowest BCUT2D eigenvalue weighted by molar-refractivity contribution is -0.131. The first-order valence-electron chi connectivity index (χ1n) is 10.8. The van der Waals surface area contributed by atoms with Crippen LogP contribution in [0.2, 0.25) is 0 Å². The highest BCUT2D eigenvalue weighted by Gasteiger charge is 2.32. The average molecular weight is 587 g/mol. The fraction of sp³-hybridized carbons (Fsp3) is 0.111. The summed E-state index contributed by atoms with van der Waals surface area (Å²) in [5, 5.41) is 0.508. The zero-order valence-corrected chi connectivity index (χ0v) is 22.3. The van der Waals surface area contributed by atoms with Crippen LogP contribution in [0.4, 0.5) is 4.39 Å². The molecular formula is C27H20BrFO7S. The van der Waals surface area contributed by atoms with Gasteiger partial charge in [0.2, 0.25) is 11.5 Å². The van der Waals surface area contributed by atoms with Crippen molar-refractivity contribution >= 4 is 49.8 Å². The standard InChI is InChI=1S/C27H20BrFO7S/c1-15(30)35-24-22-18(7-6-10-21(22)37(32)20-9-5-4-8-19(20)28)23(25(33-2)26(24)34-3)36-27(31)16-11-13-17(29)14-12-16/h4-14H,1-3H3. The first kappa shape index (κ1) is 26.5. The Balaban J connectivity index is 2.02. The fourth-order valence-corrected chi connectivity index (χ4v) is 5.72. The van der Waals surface area contributed by atoms with Gasteiger partial charge in [0.05, 0.1) is 29.6 Å². The van der Waals surface area contributed by atoms with Gasteiger partial charge in [-0.3, -0.25) is 4.79 Å². The third-order valence-electron chi connectivity index (χ3n) is 5.28. The molecule has 0 fully saturated rings. The molecule has 7 nitrogen and oxygen atoms in total. The Bertz CT molecular complexity index is 1490. The lowest BCUT2D eigenvalue weighted by Crippen LogP contribution is -2.12. The van der Waals surface area contributed by atoms with E-state index < -0.39 is 28.9 Å². The van der Waals surface area contributed by atoms with E-state index >= 15 is 0 Å². The third-order valence-corrected chi connectivity index (χ3v) is 7.73. The van der Waals surface area contributed by atoms with Gasteiger partial charge in [-0.1, -0.05) is 18.2 Å². The number of benzene rings is 4. The minimum atomic E-state index is -1.75. The van der Waals surface area contributed by atoms with Crippen molar-refractivity contribution < 1.29 is 37.5 Å². The van der Waals surface area contributed by atoms with Gasteiger partial charge in [-0.15, -0.1) is 0 Å². The molecule has 37 heavy (non-hydrogen) atoms. The molecule has 0 aliphatic rings. The molecular weight excluding hydrogens is 567 g/mol. The van der Waals surface area contributed by atoms with Crippen molar-refractivity contribution in [3.05, 3.63) is 82.6 Å². The molecule has 0 amide bonds. The molecule has 0 bridgehead atoms. The number of ether oxygens (including phenoxy) is 4. The number of rotatable bonds is 7. The van der Waals surface area contributed by atoms with Gasteiger partial charge in [0, 0.05) is 23.5 Å². The number of carbonyl (C=O) groups is 2. The number of methoxy groups -OCH3 is 2. The molecule has 1 atom stereocenters. The molecule has 0 N–H and O–H groups in total. The first-order valence-corrected chi connectivity index (χ1v) is 12.7. The SMILES string of the molecule is COc1c(OC)c(OC(C)=O)c2c([S+]([O-])c3ccccc3Br)cccc2c1OC(=O)c1ccc(F)cc1. The topological polar surface area (TPSA) is 94.1 Å². The second-order valence-electron chi connectivity index (χ2n) is 7.59. The number of fused-ring (bicyclic) bond motifs is 1. The predicted molar refractivity (Wildman–Crippen MR) is 139 cm³/mol. The summed E-state index contributed by atoms with van der Waals surface area (Å²) in [7, 11) is 2.66. The minimum absolute atomic E-state index is 0.0227. The van der Waals surface area contributed by atoms with Crippen LogP contribution in [0.15, 0.2) is 81.0 Å². The summed E-state index contributed by atoms with van der Waals surface area (Å²) in [5.41, 5.74) is 0.0904. The van der Waals surface area contributed by atoms with Gasteiger partial charge in [-0.2, -0.15) is 0 Å². The molecule has 0 spiro atoms. The molecule has 0 aliphatic heterocycles. The van der Waals surface area contributed by atoms with Gasteiger partial charge in [0.15, 0.2) is 21.3 Å². The second-order valence-corrected chi connectivity index (χ2v) is 9.86. The fourth-order valence-electron chi connectivity index (χ4n) is 3.72. The van der Waals surface area contributed by atoms with Crippen LogP contribution in [0.3, 0.4) is 0 Å². The van der Waals surface area contributed by atoms with Crippen molar-refractivity contribution in [2.75, 3.05) is 14.2 Å². The average Bonchev–Trinajstić information content (AvgIpc) is 2.89. The Kier molecular flexibility index (Phi) is 8.01. The van der Waals surface area contributed by atoms with Gasteiger partial charge in [0.25, 0.3) is 0 Å². The van der Waals surface area contributed by atoms with Crippen LogP contribution < -0.4 is 18.9 Å². The minimum Gasteiger partial charge on any atom is -0.606 e. The molecule has 4 aromatic rings. The van der Waals surface area contributed by atoms with Gasteiger partial charge in [-0.05, 0) is 64.5 Å². The monoisotopic (exact) mass is 586 g/mol. The van der Waals surface area contributed by atoms with Crippen LogP contribution >= 0.6 is 15.9 Å². The Labute approximate surface area is 223 Å². The van der Waals surface area contributed by atoms with E-state index in [1.807, 2.05) is 0 Å². The second kappa shape index (κ2) is 11.2. The highest BCUT2D eigenvalue weighted by Crippen LogP contribution is 2.53. The summed E-state index contributed by atoms with van der Waals surface area (Å²) in [6, 6.07) is 16.7. The summed E-state index contributed by atoms with van der Waals surface area (Å²) in [4.78, 5) is 25.8. The van der Waals surface area contributed by atoms with Crippen molar-refractivity contribution in [1.29, 1.82) is 0 Å². The van der Waals surface area contributed by atoms with Crippen molar-refractivity contribution in [3.63, 3.8) is 0 Å². The lowest BCUT2D eigenvalue weighted by Gasteiger charge is -2.21. The van der Waals surface area contributed by atoms with Crippen molar-refractivity contribution in [2.45, 2.75) is 16.7 Å². The molecule has 1 unspecified atom stereocenters. The Morgan fingerprint density at radius 3 is 2.05 bits per heavy atom. The molecule has 10 heteroatoms. The van der Waals surface area contributed by atoms with Gasteiger partial charge < -0.3 is 23.5 Å². The van der Waals surface area contributed by atoms with Crippen LogP contribution in [-0.4, -0.2) is 30.7 Å². The molecule has 0 aliphatic carbocycles. The maximum Gasteiger partial charge on any atom is 0.343 e. The van der Waals surface area contributed by atoms with Crippen LogP contribution in [0.1, 0.15) is 17.3 Å². The van der Waals surface area contributed by atoms with Gasteiger partial charge in [-0.25, -0.2) is 9.18 Å². The number of halogens is 2. The van der Waals surface area contributed by atoms with E-state index in [1.54, 1.807) is 42.5 Å². The third kappa shape index (κ3) is 5.27. The summed E-state index contributed by atoms with van der Waals surface area (Å²) in [5.74, 6) is -2.11. The van der Waals surface area contributed by atoms with Crippen molar-refractivity contribution in [2.24, 2.45) is 0 Å². The first-order chi connectivity index (χ1) is 17.8. The predicted octanol–water partition coefficient (Wildman–Crippen LogP) is 6.07. The molecule has 4 aromatic carbocycles. The Morgan fingerprint density at radius 1 is 0.811 bits per heavy atom. The summed E-state index contributed by atoms with van der Waals surface area (Å²) >= 11 is 1.67. The van der Waals surface area contributed by atoms with E-state index in [0.717, 1.165) is 12.1 Å². The Morgan fingerprint density at radius 2 is 1.43 bits per heavy atom. The molecule has 0 aromatic heterocycles. The zero-order valence-electron chi connectivity index (χ0n) is 19.9. The lowest BCUT2D eigenvalue weighted by atomic mass is 10.1. The smallest absolute Gasteiger partial charge is 0.343 e. The van der Waals surface area contributed by atoms with Crippen LogP contribution in [0.5, 0.6) is 23.0 Å². The van der Waals surface area contributed by atoms with E-state index in [4.69, 9.17) is 18.9 Å². The molecule has 0 saturated heterocycles.